The molecule has 0 spiro atoms. The molecule has 0 aliphatic carbocycles. The molecule has 0 saturated heterocycles. The van der Waals surface area contributed by atoms with Gasteiger partial charge in [0.1, 0.15) is 24.2 Å². The lowest BCUT2D eigenvalue weighted by Crippen LogP contribution is -2.03. The topological polar surface area (TPSA) is 80.4 Å². The average molecular weight is 564 g/mol. The molecule has 0 bridgehead atoms. The van der Waals surface area contributed by atoms with Crippen molar-refractivity contribution in [3.05, 3.63) is 156 Å². The molecule has 0 saturated carbocycles. The van der Waals surface area contributed by atoms with Gasteiger partial charge in [-0.3, -0.25) is 0 Å². The number of rotatable bonds is 7. The van der Waals surface area contributed by atoms with Gasteiger partial charge in [0.2, 0.25) is 0 Å². The standard InChI is InChI=1S/C35H26FN7/c1-23-18-28(13-12-27(23)19-24-16-17-43-31(20-24)38-22-40-43)41-35-32-29(37-21-39-35)14-15-30(33(32)36)42-34(25-8-4-2-5-9-25)26-10-6-3-7-11-26/h2-18,20-22H,19H2,1H3,(H,37,39,41). The highest BCUT2D eigenvalue weighted by molar-refractivity contribution is 6.14. The van der Waals surface area contributed by atoms with E-state index < -0.39 is 5.82 Å². The number of benzene rings is 4. The summed E-state index contributed by atoms with van der Waals surface area (Å²) in [5, 5.41) is 7.77. The average Bonchev–Trinajstić information content (AvgIpc) is 3.51. The molecule has 3 aromatic heterocycles. The summed E-state index contributed by atoms with van der Waals surface area (Å²) in [5.41, 5.74) is 8.22. The van der Waals surface area contributed by atoms with Crippen LogP contribution in [-0.4, -0.2) is 30.3 Å². The fraction of sp³-hybridized carbons (Fsp3) is 0.0571. The Balaban J connectivity index is 1.23. The number of aliphatic imine (C=N–C) groups is 1. The Labute approximate surface area is 247 Å². The number of anilines is 2. The predicted molar refractivity (Wildman–Crippen MR) is 168 cm³/mol. The third kappa shape index (κ3) is 5.34. The van der Waals surface area contributed by atoms with Gasteiger partial charge in [0.15, 0.2) is 11.5 Å². The van der Waals surface area contributed by atoms with Crippen LogP contribution in [0.25, 0.3) is 16.6 Å². The van der Waals surface area contributed by atoms with Crippen LogP contribution in [0, 0.1) is 12.7 Å². The van der Waals surface area contributed by atoms with Gasteiger partial charge in [-0.2, -0.15) is 5.10 Å². The zero-order valence-electron chi connectivity index (χ0n) is 23.3. The fourth-order valence-electron chi connectivity index (χ4n) is 5.19. The van der Waals surface area contributed by atoms with E-state index >= 15 is 4.39 Å². The first-order valence-corrected chi connectivity index (χ1v) is 13.9. The van der Waals surface area contributed by atoms with Crippen molar-refractivity contribution >= 4 is 39.5 Å². The monoisotopic (exact) mass is 563 g/mol. The molecule has 8 heteroatoms. The molecule has 208 valence electrons. The van der Waals surface area contributed by atoms with Crippen molar-refractivity contribution in [3.8, 4) is 0 Å². The smallest absolute Gasteiger partial charge is 0.161 e. The number of nitrogens with zero attached hydrogens (tertiary/aromatic N) is 6. The molecule has 43 heavy (non-hydrogen) atoms. The summed E-state index contributed by atoms with van der Waals surface area (Å²) in [6.07, 6.45) is 5.66. The van der Waals surface area contributed by atoms with Crippen LogP contribution in [0.3, 0.4) is 0 Å². The van der Waals surface area contributed by atoms with Crippen LogP contribution in [0.5, 0.6) is 0 Å². The minimum absolute atomic E-state index is 0.212. The van der Waals surface area contributed by atoms with Crippen LogP contribution < -0.4 is 5.32 Å². The quantitative estimate of drug-likeness (QED) is 0.202. The van der Waals surface area contributed by atoms with E-state index in [-0.39, 0.29) is 11.1 Å². The van der Waals surface area contributed by atoms with Crippen LogP contribution in [0.1, 0.15) is 27.8 Å². The molecule has 0 atom stereocenters. The number of aromatic nitrogens is 5. The van der Waals surface area contributed by atoms with Crippen LogP contribution in [0.2, 0.25) is 0 Å². The molecule has 1 N–H and O–H groups in total. The van der Waals surface area contributed by atoms with Gasteiger partial charge in [-0.1, -0.05) is 66.7 Å². The van der Waals surface area contributed by atoms with E-state index in [0.29, 0.717) is 17.0 Å². The molecule has 0 aliphatic rings. The lowest BCUT2D eigenvalue weighted by Gasteiger charge is -2.13. The SMILES string of the molecule is Cc1cc(Nc2ncnc3ccc(N=C(c4ccccc4)c4ccccc4)c(F)c23)ccc1Cc1ccn2ncnc2c1. The number of fused-ring (bicyclic) bond motifs is 2. The van der Waals surface area contributed by atoms with Gasteiger partial charge in [-0.15, -0.1) is 0 Å². The maximum Gasteiger partial charge on any atom is 0.161 e. The molecule has 4 aromatic carbocycles. The highest BCUT2D eigenvalue weighted by atomic mass is 19.1. The number of hydrogen-bond donors (Lipinski definition) is 1. The molecule has 3 heterocycles. The molecule has 0 amide bonds. The van der Waals surface area contributed by atoms with E-state index in [4.69, 9.17) is 4.99 Å². The van der Waals surface area contributed by atoms with Crippen molar-refractivity contribution in [3.63, 3.8) is 0 Å². The molecular weight excluding hydrogens is 537 g/mol. The second-order valence-electron chi connectivity index (χ2n) is 10.2. The fourth-order valence-corrected chi connectivity index (χ4v) is 5.19. The highest BCUT2D eigenvalue weighted by Crippen LogP contribution is 2.33. The van der Waals surface area contributed by atoms with E-state index in [0.717, 1.165) is 40.0 Å². The van der Waals surface area contributed by atoms with Gasteiger partial charge in [-0.05, 0) is 66.4 Å². The van der Waals surface area contributed by atoms with Crippen molar-refractivity contribution in [2.75, 3.05) is 5.32 Å². The van der Waals surface area contributed by atoms with Gasteiger partial charge in [0, 0.05) is 23.0 Å². The first kappa shape index (κ1) is 26.2. The lowest BCUT2D eigenvalue weighted by molar-refractivity contribution is 0.641. The summed E-state index contributed by atoms with van der Waals surface area (Å²) >= 11 is 0. The van der Waals surface area contributed by atoms with Crippen LogP contribution in [-0.2, 0) is 6.42 Å². The Morgan fingerprint density at radius 2 is 1.58 bits per heavy atom. The number of nitrogens with one attached hydrogen (secondary N) is 1. The number of pyridine rings is 1. The van der Waals surface area contributed by atoms with Gasteiger partial charge < -0.3 is 5.32 Å². The van der Waals surface area contributed by atoms with Gasteiger partial charge >= 0.3 is 0 Å². The van der Waals surface area contributed by atoms with Crippen molar-refractivity contribution in [1.29, 1.82) is 0 Å². The Bertz CT molecular complexity index is 2060. The zero-order chi connectivity index (χ0) is 29.2. The summed E-state index contributed by atoms with van der Waals surface area (Å²) in [5.74, 6) is -0.105. The highest BCUT2D eigenvalue weighted by Gasteiger charge is 2.16. The lowest BCUT2D eigenvalue weighted by atomic mass is 10.0. The first-order valence-electron chi connectivity index (χ1n) is 13.9. The van der Waals surface area contributed by atoms with Crippen molar-refractivity contribution < 1.29 is 4.39 Å². The third-order valence-electron chi connectivity index (χ3n) is 7.39. The van der Waals surface area contributed by atoms with Crippen LogP contribution in [0.4, 0.5) is 21.6 Å². The van der Waals surface area contributed by atoms with Gasteiger partial charge in [0.05, 0.1) is 16.6 Å². The second kappa shape index (κ2) is 11.3. The largest absolute Gasteiger partial charge is 0.340 e. The van der Waals surface area contributed by atoms with Gasteiger partial charge in [-0.25, -0.2) is 28.9 Å². The Hall–Kier alpha value is -5.76. The summed E-state index contributed by atoms with van der Waals surface area (Å²) in [6, 6.07) is 33.2. The molecule has 0 radical (unpaired) electrons. The second-order valence-corrected chi connectivity index (χ2v) is 10.2. The first-order chi connectivity index (χ1) is 21.1. The zero-order valence-corrected chi connectivity index (χ0v) is 23.3. The van der Waals surface area contributed by atoms with E-state index in [9.17, 15) is 0 Å². The van der Waals surface area contributed by atoms with Crippen molar-refractivity contribution in [1.82, 2.24) is 24.6 Å². The van der Waals surface area contributed by atoms with Gasteiger partial charge in [0.25, 0.3) is 0 Å². The van der Waals surface area contributed by atoms with E-state index in [1.54, 1.807) is 23.0 Å². The van der Waals surface area contributed by atoms with E-state index in [1.807, 2.05) is 91.1 Å². The summed E-state index contributed by atoms with van der Waals surface area (Å²) in [4.78, 5) is 17.9. The minimum atomic E-state index is -0.484. The molecule has 0 unspecified atom stereocenters. The Morgan fingerprint density at radius 3 is 2.33 bits per heavy atom. The minimum Gasteiger partial charge on any atom is -0.340 e. The van der Waals surface area contributed by atoms with E-state index in [1.165, 1.54) is 11.9 Å². The van der Waals surface area contributed by atoms with E-state index in [2.05, 4.69) is 38.4 Å². The summed E-state index contributed by atoms with van der Waals surface area (Å²) < 4.78 is 18.0. The normalized spacial score (nSPS) is 11.1. The molecule has 0 fully saturated rings. The molecular formula is C35H26FN7. The maximum atomic E-state index is 16.3. The molecule has 0 aliphatic heterocycles. The maximum absolute atomic E-state index is 16.3. The number of hydrogen-bond acceptors (Lipinski definition) is 6. The number of halogens is 1. The van der Waals surface area contributed by atoms with Crippen molar-refractivity contribution in [2.45, 2.75) is 13.3 Å². The molecule has 7 aromatic rings. The number of aryl methyl sites for hydroxylation is 1. The molecule has 7 nitrogen and oxygen atoms in total. The van der Waals surface area contributed by atoms with Crippen LogP contribution in [0.15, 0.2) is 127 Å². The third-order valence-corrected chi connectivity index (χ3v) is 7.39. The predicted octanol–water partition coefficient (Wildman–Crippen LogP) is 7.62. The Kier molecular flexibility index (Phi) is 6.85. The summed E-state index contributed by atoms with van der Waals surface area (Å²) in [6.45, 7) is 2.07. The Morgan fingerprint density at radius 1 is 0.814 bits per heavy atom. The van der Waals surface area contributed by atoms with Crippen molar-refractivity contribution in [2.24, 2.45) is 4.99 Å². The van der Waals surface area contributed by atoms with Crippen LogP contribution >= 0.6 is 0 Å². The summed E-state index contributed by atoms with van der Waals surface area (Å²) in [7, 11) is 0. The molecule has 7 rings (SSSR count).